The highest BCUT2D eigenvalue weighted by molar-refractivity contribution is 5.89. The lowest BCUT2D eigenvalue weighted by Gasteiger charge is -2.35. The molecule has 27 heteroatoms. The smallest absolute Gasteiger partial charge is 0.317 e. The van der Waals surface area contributed by atoms with E-state index in [1.165, 1.54) is 0 Å². The van der Waals surface area contributed by atoms with Crippen LogP contribution in [-0.2, 0) is 70.3 Å². The number of aliphatic hydroxyl groups is 1. The third kappa shape index (κ3) is 28.9. The van der Waals surface area contributed by atoms with E-state index in [1.54, 1.807) is 6.92 Å². The van der Waals surface area contributed by atoms with Gasteiger partial charge in [0.15, 0.2) is 0 Å². The minimum Gasteiger partial charge on any atom is -0.481 e. The molecule has 0 aromatic heterocycles. The number of primary amides is 1. The van der Waals surface area contributed by atoms with Gasteiger partial charge in [0.25, 0.3) is 0 Å². The molecule has 5 rings (SSSR count). The van der Waals surface area contributed by atoms with Crippen LogP contribution in [0.3, 0.4) is 0 Å². The maximum atomic E-state index is 12.6. The van der Waals surface area contributed by atoms with E-state index in [1.807, 2.05) is 41.7 Å². The molecule has 5 atom stereocenters. The first-order valence-electron chi connectivity index (χ1n) is 27.3. The number of nitrogens with two attached hydrogens (primary N) is 1. The standard InChI is InChI=1S/C26H46N8O8.C23H33N3O5.C3H6O2.CH2O/c27-21(35)1-5-28-23(37)15-30-22(36)2-6-29-24(38)17-31-7-3-20(4-8-31)16-32-9-11-33(18-25(39)40)13-14-34(12-10-32)19-26(41)42;1-4-13(2)10-19(27)24-14(3)8-9-15-6-5-7-16-11-17(25-21(15)16)22(29)26-18-12-20(28)31-23(18)30;1-2-3(4)5;1-2/h20H,1-19H2,(H2,27,35)(H,28,37)(H,29,38)(H,30,36)(H,39,40)(H,41,42);5-7,13-14,17-18,23,25,30H,4,8-12H2,1-3H3,(H,24,27)(H,26,29);2H2,1H3,(H,4,5);1H2. The number of carbonyl (C=O) groups excluding carboxylic acids is 8. The zero-order valence-electron chi connectivity index (χ0n) is 46.8. The number of fused-ring (bicyclic) bond motifs is 1. The van der Waals surface area contributed by atoms with Gasteiger partial charge in [-0.25, -0.2) is 0 Å². The van der Waals surface area contributed by atoms with Gasteiger partial charge >= 0.3 is 23.9 Å². The molecule has 12 N–H and O–H groups in total. The summed E-state index contributed by atoms with van der Waals surface area (Å²) in [5.74, 6) is -3.96. The topological polar surface area (TPSA) is 389 Å². The minimum absolute atomic E-state index is 0.0198. The fourth-order valence-electron chi connectivity index (χ4n) is 9.00. The van der Waals surface area contributed by atoms with Crippen molar-refractivity contribution in [2.45, 2.75) is 123 Å². The van der Waals surface area contributed by atoms with Crippen LogP contribution in [0.15, 0.2) is 18.2 Å². The van der Waals surface area contributed by atoms with E-state index in [0.29, 0.717) is 63.9 Å². The van der Waals surface area contributed by atoms with Crippen LogP contribution in [0.5, 0.6) is 0 Å². The molecule has 80 heavy (non-hydrogen) atoms. The number of likely N-dealkylation sites (tertiary alicyclic amines) is 1. The van der Waals surface area contributed by atoms with Gasteiger partial charge in [-0.2, -0.15) is 0 Å². The number of carboxylic acid groups (broad SMARTS) is 3. The second-order valence-corrected chi connectivity index (χ2v) is 20.3. The van der Waals surface area contributed by atoms with E-state index in [4.69, 9.17) is 15.6 Å². The molecule has 0 radical (unpaired) electrons. The Kier molecular flexibility index (Phi) is 32.9. The van der Waals surface area contributed by atoms with Crippen molar-refractivity contribution in [3.8, 4) is 0 Å². The second-order valence-electron chi connectivity index (χ2n) is 20.3. The predicted octanol–water partition coefficient (Wildman–Crippen LogP) is -1.66. The molecule has 1 aromatic carbocycles. The van der Waals surface area contributed by atoms with Crippen LogP contribution in [0.4, 0.5) is 5.69 Å². The van der Waals surface area contributed by atoms with E-state index < -0.39 is 54.1 Å². The van der Waals surface area contributed by atoms with Gasteiger partial charge < -0.3 is 72.5 Å². The molecule has 5 unspecified atom stereocenters. The van der Waals surface area contributed by atoms with Crippen LogP contribution in [0.25, 0.3) is 0 Å². The summed E-state index contributed by atoms with van der Waals surface area (Å²) in [6.45, 7) is 15.9. The Bertz CT molecular complexity index is 2150. The van der Waals surface area contributed by atoms with Gasteiger partial charge in [-0.05, 0) is 68.7 Å². The Labute approximate surface area is 467 Å². The zero-order valence-corrected chi connectivity index (χ0v) is 46.8. The average molecular weight is 1130 g/mol. The van der Waals surface area contributed by atoms with Crippen molar-refractivity contribution in [3.05, 3.63) is 29.3 Å². The average Bonchev–Trinajstić information content (AvgIpc) is 4.01. The molecule has 1 aromatic rings. The number of piperidine rings is 1. The Hall–Kier alpha value is -6.81. The van der Waals surface area contributed by atoms with Crippen LogP contribution < -0.4 is 37.6 Å². The van der Waals surface area contributed by atoms with Gasteiger partial charge in [0.05, 0.1) is 32.6 Å². The van der Waals surface area contributed by atoms with E-state index in [0.717, 1.165) is 68.6 Å². The lowest BCUT2D eigenvalue weighted by Crippen LogP contribution is -2.47. The first-order valence-corrected chi connectivity index (χ1v) is 27.3. The molecule has 4 aliphatic rings. The van der Waals surface area contributed by atoms with Crippen LogP contribution in [0.2, 0.25) is 0 Å². The fraction of sp³-hybridized carbons (Fsp3) is 0.679. The second kappa shape index (κ2) is 37.9. The molecule has 3 saturated heterocycles. The maximum absolute atomic E-state index is 12.6. The third-order valence-electron chi connectivity index (χ3n) is 13.7. The zero-order chi connectivity index (χ0) is 59.7. The van der Waals surface area contributed by atoms with Crippen LogP contribution in [-0.4, -0.2) is 229 Å². The largest absolute Gasteiger partial charge is 0.481 e. The predicted molar refractivity (Wildman–Crippen MR) is 292 cm³/mol. The number of cyclic esters (lactones) is 1. The molecule has 4 heterocycles. The summed E-state index contributed by atoms with van der Waals surface area (Å²) in [6.07, 6.45) is 4.41. The van der Waals surface area contributed by atoms with E-state index in [-0.39, 0.29) is 94.6 Å². The number of aryl methyl sites for hydroxylation is 1. The Balaban J connectivity index is 0.000000505. The summed E-state index contributed by atoms with van der Waals surface area (Å²) in [5.41, 5.74) is 8.12. The molecule has 6 amide bonds. The highest BCUT2D eigenvalue weighted by Crippen LogP contribution is 2.31. The monoisotopic (exact) mass is 1130 g/mol. The summed E-state index contributed by atoms with van der Waals surface area (Å²) in [7, 11) is 0. The number of rotatable bonds is 26. The fourth-order valence-corrected chi connectivity index (χ4v) is 9.00. The first-order chi connectivity index (χ1) is 38.0. The van der Waals surface area contributed by atoms with Gasteiger partial charge in [-0.3, -0.25) is 62.6 Å². The van der Waals surface area contributed by atoms with Crippen LogP contribution in [0.1, 0.15) is 96.6 Å². The lowest BCUT2D eigenvalue weighted by molar-refractivity contribution is -0.155. The number of aliphatic carboxylic acids is 3. The van der Waals surface area contributed by atoms with Crippen molar-refractivity contribution in [2.75, 3.05) is 103 Å². The Morgan fingerprint density at radius 3 is 1.84 bits per heavy atom. The highest BCUT2D eigenvalue weighted by atomic mass is 16.6. The van der Waals surface area contributed by atoms with Gasteiger partial charge in [-0.1, -0.05) is 45.4 Å². The number of benzene rings is 1. The molecule has 0 bridgehead atoms. The van der Waals surface area contributed by atoms with Crippen LogP contribution in [0, 0.1) is 11.8 Å². The Morgan fingerprint density at radius 1 is 0.738 bits per heavy atom. The van der Waals surface area contributed by atoms with Gasteiger partial charge in [0.1, 0.15) is 18.9 Å². The number of para-hydroxylation sites is 1. The maximum Gasteiger partial charge on any atom is 0.317 e. The normalized spacial score (nSPS) is 19.4. The quantitative estimate of drug-likeness (QED) is 0.0463. The summed E-state index contributed by atoms with van der Waals surface area (Å²) in [5, 5.41) is 52.6. The number of carbonyl (C=O) groups is 11. The number of anilines is 1. The number of ether oxygens (including phenoxy) is 1. The van der Waals surface area contributed by atoms with Gasteiger partial charge in [0.2, 0.25) is 41.7 Å². The van der Waals surface area contributed by atoms with E-state index in [9.17, 15) is 63.3 Å². The summed E-state index contributed by atoms with van der Waals surface area (Å²) < 4.78 is 4.68. The molecule has 4 aliphatic heterocycles. The molecule has 0 aliphatic carbocycles. The minimum atomic E-state index is -1.30. The number of hydrogen-bond donors (Lipinski definition) is 11. The molecular formula is C53H87N11O16. The van der Waals surface area contributed by atoms with E-state index in [2.05, 4.69) is 60.3 Å². The molecule has 0 saturated carbocycles. The number of hydrogen-bond acceptors (Lipinski definition) is 18. The third-order valence-corrected chi connectivity index (χ3v) is 13.7. The molecular weight excluding hydrogens is 1050 g/mol. The van der Waals surface area contributed by atoms with Gasteiger partial charge in [0, 0.05) is 103 Å². The van der Waals surface area contributed by atoms with Gasteiger partial charge in [-0.15, -0.1) is 0 Å². The van der Waals surface area contributed by atoms with Crippen molar-refractivity contribution in [1.29, 1.82) is 0 Å². The SMILES string of the molecule is C=O.CCC(=O)O.CCC(C)CC(=O)NC(C)CCc1cccc2c1NC(C(=O)NC1CC(=O)OC1O)C2.NC(=O)CCNC(=O)CNC(=O)CCNC(=O)CN1CCC(CN2CCN(CC(=O)O)CCN(CC(=O)O)CC2)CC1. The number of nitrogens with zero attached hydrogens (tertiary/aromatic N) is 4. The number of aliphatic hydroxyl groups excluding tert-OH is 1. The summed E-state index contributed by atoms with van der Waals surface area (Å²) in [6, 6.07) is 4.89. The molecule has 3 fully saturated rings. The number of esters is 1. The van der Waals surface area contributed by atoms with Crippen LogP contribution >= 0.6 is 0 Å². The number of nitrogens with one attached hydrogen (secondary N) is 6. The Morgan fingerprint density at radius 2 is 1.30 bits per heavy atom. The van der Waals surface area contributed by atoms with Crippen molar-refractivity contribution < 1.29 is 77.9 Å². The van der Waals surface area contributed by atoms with Crippen molar-refractivity contribution in [1.82, 2.24) is 46.2 Å². The molecule has 0 spiro atoms. The highest BCUT2D eigenvalue weighted by Gasteiger charge is 2.37. The van der Waals surface area contributed by atoms with Crippen molar-refractivity contribution in [3.63, 3.8) is 0 Å². The first kappa shape index (κ1) is 69.3. The number of amides is 6. The van der Waals surface area contributed by atoms with E-state index >= 15 is 0 Å². The summed E-state index contributed by atoms with van der Waals surface area (Å²) in [4.78, 5) is 131. The molecule has 450 valence electrons. The summed E-state index contributed by atoms with van der Waals surface area (Å²) >= 11 is 0. The van der Waals surface area contributed by atoms with Crippen molar-refractivity contribution in [2.24, 2.45) is 17.6 Å². The van der Waals surface area contributed by atoms with Crippen molar-refractivity contribution >= 4 is 71.8 Å². The number of carboxylic acids is 3. The lowest BCUT2D eigenvalue weighted by atomic mass is 9.96. The molecule has 27 nitrogen and oxygen atoms in total.